The molecule has 6 N–H and O–H groups in total. The van der Waals surface area contributed by atoms with Crippen molar-refractivity contribution in [2.75, 3.05) is 30.8 Å². The van der Waals surface area contributed by atoms with Gasteiger partial charge in [-0.1, -0.05) is 12.1 Å². The van der Waals surface area contributed by atoms with E-state index in [0.717, 1.165) is 24.3 Å². The van der Waals surface area contributed by atoms with Gasteiger partial charge in [0, 0.05) is 6.08 Å². The van der Waals surface area contributed by atoms with Crippen LogP contribution in [0, 0.1) is 0 Å². The van der Waals surface area contributed by atoms with E-state index in [1.165, 1.54) is 38.5 Å². The van der Waals surface area contributed by atoms with Crippen LogP contribution in [0.2, 0.25) is 0 Å². The molecule has 0 aliphatic heterocycles. The largest absolute Gasteiger partial charge is 1.00 e. The van der Waals surface area contributed by atoms with Crippen molar-refractivity contribution in [1.82, 2.24) is 0 Å². The predicted octanol–water partition coefficient (Wildman–Crippen LogP) is -5.51. The molecule has 0 bridgehead atoms. The standard InChI is InChI=1S/C36H30N8O13S3.3Na/c1-56-28-13-18(3-10-26(28)41-40-25-12-7-22(45)17-24(25)37)19-4-11-27(29(14-19)57-2)42-43-34-30(59(50,51)52)15-20-16-31(60(53,54)55)35(36(46)32(20)33(34)38)44-39-21-5-8-23(9-6-21)58(47,48)49;;;/h3-17,39,41H,37-38H2,1-2H3,(H,47,48,49)(H,50,51,52)(H,53,54,55);;;/q;3*+1/p-3. The first-order chi connectivity index (χ1) is 28.2. The molecule has 0 amide bonds. The molecular weight excluding hydrogens is 918 g/mol. The summed E-state index contributed by atoms with van der Waals surface area (Å²) in [6.07, 6.45) is 4.60. The summed E-state index contributed by atoms with van der Waals surface area (Å²) in [5, 5.41) is 15.9. The molecule has 310 valence electrons. The summed E-state index contributed by atoms with van der Waals surface area (Å²) in [6.45, 7) is 0. The molecule has 4 aromatic rings. The van der Waals surface area contributed by atoms with E-state index in [-0.39, 0.29) is 117 Å². The number of nitrogens with zero attached hydrogens (tertiary/aromatic N) is 4. The number of azo groups is 1. The van der Waals surface area contributed by atoms with Crippen LogP contribution in [0.1, 0.15) is 15.9 Å². The maximum Gasteiger partial charge on any atom is 1.00 e. The van der Waals surface area contributed by atoms with Gasteiger partial charge in [-0.25, -0.2) is 25.3 Å². The Hall–Kier alpha value is -4.09. The first-order valence-corrected chi connectivity index (χ1v) is 20.8. The number of methoxy groups -OCH3 is 2. The Balaban J connectivity index is 0.00000352. The molecule has 21 nitrogen and oxygen atoms in total. The van der Waals surface area contributed by atoms with Crippen molar-refractivity contribution in [3.63, 3.8) is 0 Å². The van der Waals surface area contributed by atoms with Gasteiger partial charge in [0.2, 0.25) is 5.78 Å². The molecule has 0 spiro atoms. The number of ketones is 2. The summed E-state index contributed by atoms with van der Waals surface area (Å²) in [7, 11) is -13.0. The topological polar surface area (TPSA) is 350 Å². The van der Waals surface area contributed by atoms with Crippen LogP contribution in [0.4, 0.5) is 28.4 Å². The molecule has 0 heterocycles. The van der Waals surface area contributed by atoms with E-state index < -0.39 is 79.0 Å². The number of carbonyl (C=O) groups excluding carboxylic acids is 2. The van der Waals surface area contributed by atoms with Gasteiger partial charge in [-0.3, -0.25) is 20.4 Å². The third-order valence-electron chi connectivity index (χ3n) is 8.54. The number of hydrogen-bond donors (Lipinski definition) is 4. The van der Waals surface area contributed by atoms with Gasteiger partial charge >= 0.3 is 88.7 Å². The van der Waals surface area contributed by atoms with Crippen molar-refractivity contribution < 1.29 is 147 Å². The summed E-state index contributed by atoms with van der Waals surface area (Å²) in [5.41, 5.74) is 15.6. The average Bonchev–Trinajstić information content (AvgIpc) is 3.18. The Kier molecular flexibility index (Phi) is 18.0. The zero-order chi connectivity index (χ0) is 43.7. The van der Waals surface area contributed by atoms with Crippen LogP contribution in [-0.2, 0) is 35.1 Å². The van der Waals surface area contributed by atoms with E-state index >= 15 is 0 Å². The summed E-state index contributed by atoms with van der Waals surface area (Å²) >= 11 is 0. The Morgan fingerprint density at radius 3 is 1.86 bits per heavy atom. The maximum atomic E-state index is 13.8. The fourth-order valence-corrected chi connectivity index (χ4v) is 7.44. The van der Waals surface area contributed by atoms with E-state index in [9.17, 15) is 48.5 Å². The van der Waals surface area contributed by atoms with Crippen LogP contribution in [0.25, 0.3) is 17.2 Å². The Bertz CT molecular complexity index is 3050. The van der Waals surface area contributed by atoms with Crippen molar-refractivity contribution in [2.45, 2.75) is 9.79 Å². The van der Waals surface area contributed by atoms with Gasteiger partial charge in [-0.15, -0.1) is 10.2 Å². The number of ether oxygens (including phenoxy) is 2. The smallest absolute Gasteiger partial charge is 0.744 e. The zero-order valence-corrected chi connectivity index (χ0v) is 42.1. The first kappa shape index (κ1) is 53.2. The molecule has 0 atom stereocenters. The Labute approximate surface area is 426 Å². The van der Waals surface area contributed by atoms with E-state index in [1.54, 1.807) is 30.3 Å². The minimum atomic E-state index is -5.50. The molecule has 0 unspecified atom stereocenters. The van der Waals surface area contributed by atoms with Crippen LogP contribution >= 0.6 is 0 Å². The molecule has 0 saturated heterocycles. The maximum absolute atomic E-state index is 13.8. The second-order valence-electron chi connectivity index (χ2n) is 12.3. The fraction of sp³-hybridized carbons (Fsp3) is 0.0556. The molecule has 0 aromatic heterocycles. The zero-order valence-electron chi connectivity index (χ0n) is 33.6. The molecule has 4 aromatic carbocycles. The van der Waals surface area contributed by atoms with Crippen molar-refractivity contribution in [3.05, 3.63) is 107 Å². The van der Waals surface area contributed by atoms with E-state index in [1.807, 2.05) is 0 Å². The predicted molar refractivity (Wildman–Crippen MR) is 213 cm³/mol. The van der Waals surface area contributed by atoms with Crippen LogP contribution in [0.3, 0.4) is 0 Å². The molecule has 27 heteroatoms. The fourth-order valence-electron chi connectivity index (χ4n) is 5.66. The molecular formula is C36H27N8Na3O13S3. The second-order valence-corrected chi connectivity index (χ2v) is 16.4. The molecule has 2 aliphatic carbocycles. The number of benzene rings is 4. The molecule has 0 fully saturated rings. The summed E-state index contributed by atoms with van der Waals surface area (Å²) in [6, 6.07) is 14.2. The quantitative estimate of drug-likeness (QED) is 0.0257. The van der Waals surface area contributed by atoms with Crippen molar-refractivity contribution >= 4 is 87.9 Å². The molecule has 0 saturated carbocycles. The van der Waals surface area contributed by atoms with Crippen LogP contribution in [0.5, 0.6) is 11.5 Å². The third-order valence-corrected chi connectivity index (χ3v) is 11.1. The monoisotopic (exact) mass is 944 g/mol. The second kappa shape index (κ2) is 21.3. The Morgan fingerprint density at radius 2 is 1.29 bits per heavy atom. The van der Waals surface area contributed by atoms with Crippen molar-refractivity contribution in [1.29, 1.82) is 0 Å². The molecule has 0 radical (unpaired) electrons. The SMILES string of the molecule is COc1cc(-c2ccc(NN=C3C=CC(=O)C=C3N)c(OC)c2)ccc1N=Nc1c(S(=O)(=O)[O-])cc2c(c1N)C(=O)C(=NNc1ccc(S(=O)(=O)[O-])cc1)C(S(=O)(=O)[O-])=C2.[Na+].[Na+].[Na+]. The number of nitrogens with one attached hydrogen (secondary N) is 2. The number of hydrogen-bond acceptors (Lipinski definition) is 21. The van der Waals surface area contributed by atoms with Crippen molar-refractivity contribution in [3.8, 4) is 22.6 Å². The van der Waals surface area contributed by atoms with Gasteiger partial charge in [0.05, 0.1) is 57.2 Å². The van der Waals surface area contributed by atoms with E-state index in [2.05, 4.69) is 31.3 Å². The average molecular weight is 945 g/mol. The van der Waals surface area contributed by atoms with Crippen LogP contribution in [-0.4, -0.2) is 76.1 Å². The van der Waals surface area contributed by atoms with Gasteiger partial charge < -0.3 is 34.6 Å². The summed E-state index contributed by atoms with van der Waals surface area (Å²) < 4.78 is 119. The third kappa shape index (κ3) is 12.2. The number of fused-ring (bicyclic) bond motifs is 1. The number of allylic oxidation sites excluding steroid dienone is 4. The number of rotatable bonds is 12. The minimum Gasteiger partial charge on any atom is -0.744 e. The normalized spacial score (nSPS) is 15.1. The number of hydrazone groups is 2. The van der Waals surface area contributed by atoms with Gasteiger partial charge in [-0.05, 0) is 89.5 Å². The van der Waals surface area contributed by atoms with Crippen LogP contribution in [0.15, 0.2) is 126 Å². The van der Waals surface area contributed by atoms with Crippen molar-refractivity contribution in [2.24, 2.45) is 26.2 Å². The number of nitrogens with two attached hydrogens (primary N) is 2. The van der Waals surface area contributed by atoms with E-state index in [0.29, 0.717) is 40.4 Å². The Morgan fingerprint density at radius 1 is 0.667 bits per heavy atom. The number of anilines is 3. The molecule has 63 heavy (non-hydrogen) atoms. The van der Waals surface area contributed by atoms with Gasteiger partial charge in [0.25, 0.3) is 0 Å². The van der Waals surface area contributed by atoms with E-state index in [4.69, 9.17) is 20.9 Å². The van der Waals surface area contributed by atoms with Gasteiger partial charge in [0.15, 0.2) is 5.78 Å². The van der Waals surface area contributed by atoms with Crippen LogP contribution < -0.4 is 120 Å². The summed E-state index contributed by atoms with van der Waals surface area (Å²) in [5.74, 6) is -1.12. The first-order valence-electron chi connectivity index (χ1n) is 16.6. The van der Waals surface area contributed by atoms with Gasteiger partial charge in [0.1, 0.15) is 64.7 Å². The molecule has 6 rings (SSSR count). The van der Waals surface area contributed by atoms with Gasteiger partial charge in [-0.2, -0.15) is 10.2 Å². The number of nitrogen functional groups attached to an aromatic ring is 1. The number of Topliss-reactive ketones (excluding diaryl/α,β-unsaturated/α-hetero) is 1. The summed E-state index contributed by atoms with van der Waals surface area (Å²) in [4.78, 5) is 22.4. The number of carbonyl (C=O) groups is 2. The molecule has 2 aliphatic rings. The minimum absolute atomic E-state index is 0.